The van der Waals surface area contributed by atoms with E-state index in [1.54, 1.807) is 0 Å². The number of unbranched alkanes of at least 4 members (excludes halogenated alkanes) is 4. The van der Waals surface area contributed by atoms with E-state index >= 15 is 0 Å². The molecule has 0 radical (unpaired) electrons. The fourth-order valence-corrected chi connectivity index (χ4v) is 1.19. The molecule has 0 amide bonds. The highest BCUT2D eigenvalue weighted by molar-refractivity contribution is 4.74. The number of rotatable bonds is 7. The molecule has 0 N–H and O–H groups in total. The van der Waals surface area contributed by atoms with Crippen molar-refractivity contribution < 1.29 is 0 Å². The van der Waals surface area contributed by atoms with E-state index in [0.717, 1.165) is 5.92 Å². The molecule has 0 aliphatic heterocycles. The van der Waals surface area contributed by atoms with E-state index < -0.39 is 0 Å². The smallest absolute Gasteiger partial charge is 0.0265 e. The van der Waals surface area contributed by atoms with Gasteiger partial charge in [-0.2, -0.15) is 0 Å². The molecular weight excluding hydrogens is 132 g/mol. The molecule has 0 fully saturated rings. The number of hydrogen-bond acceptors (Lipinski definition) is 0. The zero-order valence-corrected chi connectivity index (χ0v) is 8.10. The van der Waals surface area contributed by atoms with Crippen molar-refractivity contribution in [3.63, 3.8) is 0 Å². The zero-order valence-electron chi connectivity index (χ0n) is 8.10. The van der Waals surface area contributed by atoms with Crippen molar-refractivity contribution in [1.82, 2.24) is 0 Å². The Morgan fingerprint density at radius 3 is 2.36 bits per heavy atom. The van der Waals surface area contributed by atoms with E-state index in [2.05, 4.69) is 26.5 Å². The molecule has 0 bridgehead atoms. The average Bonchev–Trinajstić information content (AvgIpc) is 2.04. The monoisotopic (exact) mass is 154 g/mol. The molecule has 0 aliphatic carbocycles. The van der Waals surface area contributed by atoms with Crippen molar-refractivity contribution in [2.75, 3.05) is 0 Å². The minimum atomic E-state index is 0.719. The Hall–Kier alpha value is -0.260. The molecule has 0 heteroatoms. The summed E-state index contributed by atoms with van der Waals surface area (Å²) in [6.45, 7) is 8.27. The Morgan fingerprint density at radius 2 is 1.82 bits per heavy atom. The molecule has 0 unspecified atom stereocenters. The molecule has 0 spiro atoms. The van der Waals surface area contributed by atoms with E-state index in [9.17, 15) is 0 Å². The van der Waals surface area contributed by atoms with Gasteiger partial charge in [-0.1, -0.05) is 52.0 Å². The second-order valence-electron chi connectivity index (χ2n) is 3.42. The second-order valence-corrected chi connectivity index (χ2v) is 3.42. The third-order valence-corrected chi connectivity index (χ3v) is 2.17. The summed E-state index contributed by atoms with van der Waals surface area (Å²) in [4.78, 5) is 0. The van der Waals surface area contributed by atoms with Crippen LogP contribution in [0.1, 0.15) is 52.4 Å². The van der Waals surface area contributed by atoms with Crippen LogP contribution in [0.3, 0.4) is 0 Å². The van der Waals surface area contributed by atoms with Gasteiger partial charge < -0.3 is 0 Å². The minimum Gasteiger partial charge on any atom is -0.103 e. The van der Waals surface area contributed by atoms with Crippen LogP contribution in [-0.2, 0) is 0 Å². The van der Waals surface area contributed by atoms with Crippen molar-refractivity contribution >= 4 is 0 Å². The van der Waals surface area contributed by atoms with Gasteiger partial charge in [0.2, 0.25) is 0 Å². The fourth-order valence-electron chi connectivity index (χ4n) is 1.19. The highest BCUT2D eigenvalue weighted by Crippen LogP contribution is 2.11. The van der Waals surface area contributed by atoms with Gasteiger partial charge in [-0.15, -0.1) is 6.58 Å². The Balaban J connectivity index is 2.95. The predicted molar refractivity (Wildman–Crippen MR) is 52.7 cm³/mol. The summed E-state index contributed by atoms with van der Waals surface area (Å²) in [5, 5.41) is 0. The van der Waals surface area contributed by atoms with Crippen LogP contribution in [0.2, 0.25) is 0 Å². The lowest BCUT2D eigenvalue weighted by molar-refractivity contribution is 0.551. The topological polar surface area (TPSA) is 0 Å². The molecular formula is C11H22. The minimum absolute atomic E-state index is 0.719. The first-order chi connectivity index (χ1) is 5.31. The summed E-state index contributed by atoms with van der Waals surface area (Å²) in [6, 6.07) is 0. The van der Waals surface area contributed by atoms with Crippen molar-refractivity contribution in [3.05, 3.63) is 12.7 Å². The standard InChI is InChI=1S/C11H22/c1-4-6-7-8-9-10-11(3)5-2/h5,11H,2,4,6-10H2,1,3H3/t11-/m1/s1. The Bertz CT molecular complexity index is 84.0. The van der Waals surface area contributed by atoms with E-state index in [-0.39, 0.29) is 0 Å². The van der Waals surface area contributed by atoms with Gasteiger partial charge in [-0.3, -0.25) is 0 Å². The summed E-state index contributed by atoms with van der Waals surface area (Å²) in [5.41, 5.74) is 0. The number of allylic oxidation sites excluding steroid dienone is 1. The van der Waals surface area contributed by atoms with Gasteiger partial charge in [0.25, 0.3) is 0 Å². The quantitative estimate of drug-likeness (QED) is 0.381. The van der Waals surface area contributed by atoms with Crippen LogP contribution in [0.5, 0.6) is 0 Å². The van der Waals surface area contributed by atoms with Crippen LogP contribution in [0.25, 0.3) is 0 Å². The third kappa shape index (κ3) is 7.64. The largest absolute Gasteiger partial charge is 0.103 e. The molecule has 0 saturated carbocycles. The molecule has 0 saturated heterocycles. The van der Waals surface area contributed by atoms with Crippen LogP contribution >= 0.6 is 0 Å². The van der Waals surface area contributed by atoms with Crippen LogP contribution < -0.4 is 0 Å². The normalized spacial score (nSPS) is 12.9. The zero-order chi connectivity index (χ0) is 8.53. The van der Waals surface area contributed by atoms with Gasteiger partial charge in [-0.05, 0) is 12.3 Å². The Kier molecular flexibility index (Phi) is 7.66. The molecule has 0 nitrogen and oxygen atoms in total. The Labute approximate surface area is 71.7 Å². The molecule has 0 aliphatic rings. The average molecular weight is 154 g/mol. The van der Waals surface area contributed by atoms with Crippen molar-refractivity contribution in [2.45, 2.75) is 52.4 Å². The van der Waals surface area contributed by atoms with E-state index in [0.29, 0.717) is 0 Å². The lowest BCUT2D eigenvalue weighted by Gasteiger charge is -2.04. The van der Waals surface area contributed by atoms with Crippen LogP contribution in [0, 0.1) is 5.92 Å². The lowest BCUT2D eigenvalue weighted by atomic mass is 10.0. The maximum Gasteiger partial charge on any atom is -0.0265 e. The lowest BCUT2D eigenvalue weighted by Crippen LogP contribution is -1.88. The molecule has 0 aromatic heterocycles. The molecule has 0 rings (SSSR count). The first-order valence-corrected chi connectivity index (χ1v) is 4.93. The maximum atomic E-state index is 3.78. The molecule has 0 heterocycles. The summed E-state index contributed by atoms with van der Waals surface area (Å²) in [7, 11) is 0. The first kappa shape index (κ1) is 10.7. The van der Waals surface area contributed by atoms with E-state index in [1.165, 1.54) is 38.5 Å². The van der Waals surface area contributed by atoms with Crippen molar-refractivity contribution in [2.24, 2.45) is 5.92 Å². The SMILES string of the molecule is C=C[C@@H](C)CCCCCCC. The number of hydrogen-bond donors (Lipinski definition) is 0. The highest BCUT2D eigenvalue weighted by atomic mass is 14.0. The molecule has 0 aromatic carbocycles. The second kappa shape index (κ2) is 7.84. The van der Waals surface area contributed by atoms with Crippen LogP contribution in [0.4, 0.5) is 0 Å². The summed E-state index contributed by atoms with van der Waals surface area (Å²) < 4.78 is 0. The summed E-state index contributed by atoms with van der Waals surface area (Å²) >= 11 is 0. The van der Waals surface area contributed by atoms with Crippen LogP contribution in [0.15, 0.2) is 12.7 Å². The van der Waals surface area contributed by atoms with Gasteiger partial charge in [0, 0.05) is 0 Å². The maximum absolute atomic E-state index is 3.78. The van der Waals surface area contributed by atoms with Gasteiger partial charge in [0.15, 0.2) is 0 Å². The third-order valence-electron chi connectivity index (χ3n) is 2.17. The molecule has 11 heavy (non-hydrogen) atoms. The highest BCUT2D eigenvalue weighted by Gasteiger charge is 1.94. The van der Waals surface area contributed by atoms with Gasteiger partial charge >= 0.3 is 0 Å². The Morgan fingerprint density at radius 1 is 1.18 bits per heavy atom. The summed E-state index contributed by atoms with van der Waals surface area (Å²) in [6.07, 6.45) is 10.3. The van der Waals surface area contributed by atoms with E-state index in [1.807, 2.05) is 0 Å². The molecule has 66 valence electrons. The van der Waals surface area contributed by atoms with Gasteiger partial charge in [-0.25, -0.2) is 0 Å². The van der Waals surface area contributed by atoms with Crippen molar-refractivity contribution in [3.8, 4) is 0 Å². The van der Waals surface area contributed by atoms with Gasteiger partial charge in [0.05, 0.1) is 0 Å². The van der Waals surface area contributed by atoms with Crippen LogP contribution in [-0.4, -0.2) is 0 Å². The van der Waals surface area contributed by atoms with E-state index in [4.69, 9.17) is 0 Å². The molecule has 1 atom stereocenters. The summed E-state index contributed by atoms with van der Waals surface area (Å²) in [5.74, 6) is 0.719. The predicted octanol–water partition coefficient (Wildman–Crippen LogP) is 4.17. The van der Waals surface area contributed by atoms with Gasteiger partial charge in [0.1, 0.15) is 0 Å². The first-order valence-electron chi connectivity index (χ1n) is 4.93. The fraction of sp³-hybridized carbons (Fsp3) is 0.818. The molecule has 0 aromatic rings. The van der Waals surface area contributed by atoms with Crippen molar-refractivity contribution in [1.29, 1.82) is 0 Å².